The maximum atomic E-state index is 14.0. The van der Waals surface area contributed by atoms with Crippen molar-refractivity contribution in [2.75, 3.05) is 44.8 Å². The Morgan fingerprint density at radius 2 is 2.00 bits per heavy atom. The zero-order valence-electron chi connectivity index (χ0n) is 18.0. The molecule has 0 spiro atoms. The molecule has 7 nitrogen and oxygen atoms in total. The van der Waals surface area contributed by atoms with Gasteiger partial charge in [-0.25, -0.2) is 17.8 Å². The maximum Gasteiger partial charge on any atom is 0.191 e. The van der Waals surface area contributed by atoms with Crippen molar-refractivity contribution in [2.24, 2.45) is 4.99 Å². The van der Waals surface area contributed by atoms with Gasteiger partial charge in [0.1, 0.15) is 9.84 Å². The van der Waals surface area contributed by atoms with Gasteiger partial charge in [-0.1, -0.05) is 6.07 Å². The molecule has 0 aromatic heterocycles. The first-order chi connectivity index (χ1) is 13.8. The number of piperidine rings is 1. The molecule has 1 saturated heterocycles. The fourth-order valence-electron chi connectivity index (χ4n) is 3.19. The highest BCUT2D eigenvalue weighted by atomic mass is 127. The third-order valence-electron chi connectivity index (χ3n) is 4.77. The zero-order valence-corrected chi connectivity index (χ0v) is 21.1. The van der Waals surface area contributed by atoms with E-state index in [0.29, 0.717) is 25.7 Å². The smallest absolute Gasteiger partial charge is 0.191 e. The Bertz CT molecular complexity index is 784. The van der Waals surface area contributed by atoms with Crippen molar-refractivity contribution in [3.63, 3.8) is 0 Å². The summed E-state index contributed by atoms with van der Waals surface area (Å²) in [5, 5.41) is 6.67. The van der Waals surface area contributed by atoms with E-state index in [1.165, 1.54) is 12.3 Å². The van der Waals surface area contributed by atoms with Gasteiger partial charge in [0.2, 0.25) is 0 Å². The fraction of sp³-hybridized carbons (Fsp3) is 0.650. The van der Waals surface area contributed by atoms with Crippen molar-refractivity contribution in [3.8, 4) is 5.75 Å². The first kappa shape index (κ1) is 26.9. The number of halogens is 2. The SMILES string of the molecule is CCNC(=NCc1ccc(OCC)c(F)c1)NC1CCN(CCS(C)(=O)=O)CC1.I. The number of hydrogen-bond donors (Lipinski definition) is 2. The summed E-state index contributed by atoms with van der Waals surface area (Å²) in [6.45, 7) is 7.65. The van der Waals surface area contributed by atoms with Gasteiger partial charge in [-0.2, -0.15) is 0 Å². The Morgan fingerprint density at radius 3 is 2.57 bits per heavy atom. The molecule has 0 amide bonds. The molecule has 10 heteroatoms. The van der Waals surface area contributed by atoms with Gasteiger partial charge in [0, 0.05) is 38.5 Å². The van der Waals surface area contributed by atoms with Crippen LogP contribution >= 0.6 is 24.0 Å². The lowest BCUT2D eigenvalue weighted by atomic mass is 10.1. The third-order valence-corrected chi connectivity index (χ3v) is 5.69. The number of likely N-dealkylation sites (tertiary alicyclic amines) is 1. The molecule has 1 aromatic carbocycles. The predicted octanol–water partition coefficient (Wildman–Crippen LogP) is 2.41. The van der Waals surface area contributed by atoms with Crippen LogP contribution in [0, 0.1) is 5.82 Å². The molecule has 0 bridgehead atoms. The molecule has 172 valence electrons. The van der Waals surface area contributed by atoms with Crippen LogP contribution in [-0.4, -0.2) is 70.1 Å². The highest BCUT2D eigenvalue weighted by Crippen LogP contribution is 2.18. The van der Waals surface area contributed by atoms with Crippen molar-refractivity contribution in [2.45, 2.75) is 39.3 Å². The monoisotopic (exact) mass is 556 g/mol. The topological polar surface area (TPSA) is 83.0 Å². The van der Waals surface area contributed by atoms with E-state index in [0.717, 1.165) is 38.0 Å². The molecule has 1 aliphatic rings. The molecule has 0 radical (unpaired) electrons. The van der Waals surface area contributed by atoms with E-state index >= 15 is 0 Å². The molecular weight excluding hydrogens is 522 g/mol. The normalized spacial score (nSPS) is 16.1. The maximum absolute atomic E-state index is 14.0. The van der Waals surface area contributed by atoms with Crippen molar-refractivity contribution >= 4 is 39.8 Å². The molecule has 2 rings (SSSR count). The summed E-state index contributed by atoms with van der Waals surface area (Å²) in [5.74, 6) is 0.789. The molecule has 1 aromatic rings. The Balaban J connectivity index is 0.00000450. The summed E-state index contributed by atoms with van der Waals surface area (Å²) in [6.07, 6.45) is 3.12. The second-order valence-electron chi connectivity index (χ2n) is 7.28. The van der Waals surface area contributed by atoms with Crippen LogP contribution in [0.5, 0.6) is 5.75 Å². The van der Waals surface area contributed by atoms with Crippen molar-refractivity contribution < 1.29 is 17.5 Å². The third kappa shape index (κ3) is 9.78. The van der Waals surface area contributed by atoms with Crippen molar-refractivity contribution in [3.05, 3.63) is 29.6 Å². The van der Waals surface area contributed by atoms with E-state index in [-0.39, 0.29) is 47.3 Å². The van der Waals surface area contributed by atoms with Crippen LogP contribution in [0.2, 0.25) is 0 Å². The van der Waals surface area contributed by atoms with Crippen LogP contribution in [0.25, 0.3) is 0 Å². The Hall–Kier alpha value is -1.14. The van der Waals surface area contributed by atoms with Crippen molar-refractivity contribution in [1.29, 1.82) is 0 Å². The molecule has 0 unspecified atom stereocenters. The Kier molecular flexibility index (Phi) is 11.9. The molecule has 1 aliphatic heterocycles. The summed E-state index contributed by atoms with van der Waals surface area (Å²) >= 11 is 0. The van der Waals surface area contributed by atoms with E-state index < -0.39 is 9.84 Å². The standard InChI is InChI=1S/C20H33FN4O3S.HI/c1-4-22-20(23-15-16-6-7-19(28-5-2)18(21)14-16)24-17-8-10-25(11-9-17)12-13-29(3,26)27;/h6-7,14,17H,4-5,8-13,15H2,1-3H3,(H2,22,23,24);1H. The lowest BCUT2D eigenvalue weighted by Gasteiger charge is -2.32. The molecule has 1 heterocycles. The molecule has 30 heavy (non-hydrogen) atoms. The number of ether oxygens (including phenoxy) is 1. The van der Waals surface area contributed by atoms with E-state index in [9.17, 15) is 12.8 Å². The van der Waals surface area contributed by atoms with Crippen LogP contribution < -0.4 is 15.4 Å². The highest BCUT2D eigenvalue weighted by Gasteiger charge is 2.20. The lowest BCUT2D eigenvalue weighted by Crippen LogP contribution is -2.49. The minimum atomic E-state index is -2.93. The van der Waals surface area contributed by atoms with Crippen LogP contribution in [0.1, 0.15) is 32.3 Å². The van der Waals surface area contributed by atoms with Gasteiger partial charge in [0.05, 0.1) is 18.9 Å². The number of nitrogens with one attached hydrogen (secondary N) is 2. The predicted molar refractivity (Wildman–Crippen MR) is 130 cm³/mol. The molecule has 0 saturated carbocycles. The van der Waals surface area contributed by atoms with Gasteiger partial charge < -0.3 is 20.3 Å². The van der Waals surface area contributed by atoms with Crippen LogP contribution in [0.4, 0.5) is 4.39 Å². The van der Waals surface area contributed by atoms with Crippen LogP contribution in [-0.2, 0) is 16.4 Å². The molecule has 1 fully saturated rings. The molecule has 0 aliphatic carbocycles. The van der Waals surface area contributed by atoms with E-state index in [4.69, 9.17) is 4.74 Å². The zero-order chi connectivity index (χ0) is 21.3. The highest BCUT2D eigenvalue weighted by molar-refractivity contribution is 14.0. The second kappa shape index (κ2) is 13.3. The Morgan fingerprint density at radius 1 is 1.30 bits per heavy atom. The van der Waals surface area contributed by atoms with Gasteiger partial charge in [-0.05, 0) is 44.4 Å². The number of sulfone groups is 1. The van der Waals surface area contributed by atoms with E-state index in [1.807, 2.05) is 19.9 Å². The number of aliphatic imine (C=N–C) groups is 1. The van der Waals surface area contributed by atoms with Gasteiger partial charge in [0.25, 0.3) is 0 Å². The van der Waals surface area contributed by atoms with Gasteiger partial charge in [-0.15, -0.1) is 24.0 Å². The molecule has 0 atom stereocenters. The first-order valence-corrected chi connectivity index (χ1v) is 12.2. The number of guanidine groups is 1. The lowest BCUT2D eigenvalue weighted by molar-refractivity contribution is 0.216. The minimum absolute atomic E-state index is 0. The van der Waals surface area contributed by atoms with Gasteiger partial charge in [-0.3, -0.25) is 0 Å². The average Bonchev–Trinajstić information content (AvgIpc) is 2.67. The van der Waals surface area contributed by atoms with Gasteiger partial charge >= 0.3 is 0 Å². The van der Waals surface area contributed by atoms with Gasteiger partial charge in [0.15, 0.2) is 17.5 Å². The largest absolute Gasteiger partial charge is 0.491 e. The summed E-state index contributed by atoms with van der Waals surface area (Å²) in [6, 6.07) is 5.19. The summed E-state index contributed by atoms with van der Waals surface area (Å²) < 4.78 is 41.9. The number of rotatable bonds is 9. The van der Waals surface area contributed by atoms with E-state index in [2.05, 4.69) is 20.5 Å². The summed E-state index contributed by atoms with van der Waals surface area (Å²) in [5.41, 5.74) is 0.777. The number of nitrogens with zero attached hydrogens (tertiary/aromatic N) is 2. The Labute approximate surface area is 196 Å². The number of benzene rings is 1. The first-order valence-electron chi connectivity index (χ1n) is 10.2. The molecule has 2 N–H and O–H groups in total. The number of hydrogen-bond acceptors (Lipinski definition) is 5. The van der Waals surface area contributed by atoms with Crippen molar-refractivity contribution in [1.82, 2.24) is 15.5 Å². The fourth-order valence-corrected chi connectivity index (χ4v) is 3.78. The minimum Gasteiger partial charge on any atom is -0.491 e. The van der Waals surface area contributed by atoms with Crippen LogP contribution in [0.3, 0.4) is 0 Å². The average molecular weight is 556 g/mol. The van der Waals surface area contributed by atoms with Crippen LogP contribution in [0.15, 0.2) is 23.2 Å². The second-order valence-corrected chi connectivity index (χ2v) is 9.54. The molecular formula is C20H34FIN4O3S. The summed E-state index contributed by atoms with van der Waals surface area (Å²) in [7, 11) is -2.93. The quantitative estimate of drug-likeness (QED) is 0.276. The summed E-state index contributed by atoms with van der Waals surface area (Å²) in [4.78, 5) is 6.76. The van der Waals surface area contributed by atoms with E-state index in [1.54, 1.807) is 6.07 Å².